The van der Waals surface area contributed by atoms with Gasteiger partial charge in [0.05, 0.1) is 6.20 Å². The van der Waals surface area contributed by atoms with Crippen molar-refractivity contribution in [1.82, 2.24) is 9.78 Å². The van der Waals surface area contributed by atoms with Gasteiger partial charge in [-0.25, -0.2) is 8.78 Å². The van der Waals surface area contributed by atoms with Crippen LogP contribution in [0.2, 0.25) is 0 Å². The summed E-state index contributed by atoms with van der Waals surface area (Å²) in [4.78, 5) is 23.9. The molecule has 0 spiro atoms. The molecule has 3 N–H and O–H groups in total. The van der Waals surface area contributed by atoms with Gasteiger partial charge in [-0.2, -0.15) is 18.3 Å². The summed E-state index contributed by atoms with van der Waals surface area (Å²) < 4.78 is 67.9. The highest BCUT2D eigenvalue weighted by Crippen LogP contribution is 2.38. The molecule has 1 heterocycles. The predicted octanol–water partition coefficient (Wildman–Crippen LogP) is 4.08. The normalized spacial score (nSPS) is 17.0. The van der Waals surface area contributed by atoms with Gasteiger partial charge in [-0.15, -0.1) is 0 Å². The fourth-order valence-corrected chi connectivity index (χ4v) is 3.44. The summed E-state index contributed by atoms with van der Waals surface area (Å²) in [7, 11) is 0. The van der Waals surface area contributed by atoms with Gasteiger partial charge in [-0.1, -0.05) is 6.07 Å². The van der Waals surface area contributed by atoms with Crippen molar-refractivity contribution in [2.45, 2.75) is 44.3 Å². The number of carbonyl (C=O) groups excluding carboxylic acids is 2. The lowest BCUT2D eigenvalue weighted by atomic mass is 9.87. The van der Waals surface area contributed by atoms with Gasteiger partial charge >= 0.3 is 6.18 Å². The number of rotatable bonds is 5. The van der Waals surface area contributed by atoms with E-state index in [1.165, 1.54) is 24.3 Å². The summed E-state index contributed by atoms with van der Waals surface area (Å²) in [6.07, 6.45) is -4.75. The van der Waals surface area contributed by atoms with Crippen LogP contribution in [0.3, 0.4) is 0 Å². The Hall–Kier alpha value is -2.98. The number of benzene rings is 1. The van der Waals surface area contributed by atoms with Crippen molar-refractivity contribution in [1.29, 1.82) is 0 Å². The fraction of sp³-hybridized carbons (Fsp3) is 0.421. The number of nitrogens with one attached hydrogen (secondary N) is 1. The van der Waals surface area contributed by atoms with Gasteiger partial charge in [0.2, 0.25) is 11.8 Å². The fourth-order valence-electron chi connectivity index (χ4n) is 3.44. The van der Waals surface area contributed by atoms with Gasteiger partial charge in [0.25, 0.3) is 5.91 Å². The Morgan fingerprint density at radius 1 is 1.23 bits per heavy atom. The molecule has 0 atom stereocenters. The predicted molar refractivity (Wildman–Crippen MR) is 97.0 cm³/mol. The molecule has 1 aromatic heterocycles. The zero-order valence-corrected chi connectivity index (χ0v) is 15.7. The summed E-state index contributed by atoms with van der Waals surface area (Å²) in [5.41, 5.74) is 3.37. The van der Waals surface area contributed by atoms with Crippen molar-refractivity contribution in [2.75, 3.05) is 5.32 Å². The minimum absolute atomic E-state index is 0.0699. The third-order valence-corrected chi connectivity index (χ3v) is 5.03. The highest BCUT2D eigenvalue weighted by Gasteiger charge is 2.40. The number of anilines is 1. The van der Waals surface area contributed by atoms with Crippen molar-refractivity contribution in [3.05, 3.63) is 47.3 Å². The summed E-state index contributed by atoms with van der Waals surface area (Å²) in [6.45, 7) is -0.0871. The van der Waals surface area contributed by atoms with E-state index < -0.39 is 35.2 Å². The van der Waals surface area contributed by atoms with Crippen molar-refractivity contribution in [3.8, 4) is 0 Å². The third kappa shape index (κ3) is 4.95. The quantitative estimate of drug-likeness (QED) is 0.701. The zero-order chi connectivity index (χ0) is 22.1. The molecule has 1 saturated carbocycles. The number of primary amides is 1. The van der Waals surface area contributed by atoms with E-state index in [4.69, 9.17) is 5.73 Å². The molecule has 0 bridgehead atoms. The maximum absolute atomic E-state index is 13.4. The van der Waals surface area contributed by atoms with Gasteiger partial charge in [-0.3, -0.25) is 14.3 Å². The van der Waals surface area contributed by atoms with Crippen LogP contribution in [0.15, 0.2) is 30.5 Å². The number of alkyl halides is 5. The minimum Gasteiger partial charge on any atom is -0.366 e. The average Bonchev–Trinajstić information content (AvgIpc) is 3.08. The topological polar surface area (TPSA) is 90.0 Å². The first-order chi connectivity index (χ1) is 14.0. The van der Waals surface area contributed by atoms with Crippen LogP contribution in [0.5, 0.6) is 0 Å². The molecule has 11 heteroatoms. The summed E-state index contributed by atoms with van der Waals surface area (Å²) >= 11 is 0. The zero-order valence-electron chi connectivity index (χ0n) is 15.7. The van der Waals surface area contributed by atoms with Gasteiger partial charge in [0, 0.05) is 30.6 Å². The average molecular weight is 430 g/mol. The van der Waals surface area contributed by atoms with E-state index in [0.717, 1.165) is 4.68 Å². The third-order valence-electron chi connectivity index (χ3n) is 5.03. The molecule has 1 aliphatic carbocycles. The minimum atomic E-state index is -4.83. The maximum Gasteiger partial charge on any atom is 0.420 e. The molecular weight excluding hydrogens is 411 g/mol. The lowest BCUT2D eigenvalue weighted by Gasteiger charge is -2.28. The Bertz CT molecular complexity index is 945. The van der Waals surface area contributed by atoms with E-state index >= 15 is 0 Å². The van der Waals surface area contributed by atoms with E-state index in [-0.39, 0.29) is 49.4 Å². The number of hydrogen-bond donors (Lipinski definition) is 2. The number of amides is 2. The second-order valence-electron chi connectivity index (χ2n) is 7.29. The molecule has 6 nitrogen and oxygen atoms in total. The van der Waals surface area contributed by atoms with Crippen LogP contribution in [-0.2, 0) is 12.7 Å². The van der Waals surface area contributed by atoms with Gasteiger partial charge < -0.3 is 11.1 Å². The summed E-state index contributed by atoms with van der Waals surface area (Å²) in [5, 5.41) is 6.01. The Kier molecular flexibility index (Phi) is 5.82. The number of nitrogens with two attached hydrogens (primary N) is 1. The van der Waals surface area contributed by atoms with Gasteiger partial charge in [0.1, 0.15) is 11.3 Å². The van der Waals surface area contributed by atoms with Crippen LogP contribution in [0, 0.1) is 5.92 Å². The SMILES string of the molecule is NC(=O)c1cccc(NC(=O)c2c(C(F)(F)F)cnn2CC2CCC(F)(F)CC2)c1. The van der Waals surface area contributed by atoms with E-state index in [9.17, 15) is 31.5 Å². The van der Waals surface area contributed by atoms with Crippen molar-refractivity contribution >= 4 is 17.5 Å². The molecule has 0 radical (unpaired) electrons. The number of nitrogens with zero attached hydrogens (tertiary/aromatic N) is 2. The van der Waals surface area contributed by atoms with Crippen LogP contribution in [0.4, 0.5) is 27.6 Å². The molecule has 30 heavy (non-hydrogen) atoms. The van der Waals surface area contributed by atoms with Crippen molar-refractivity contribution in [3.63, 3.8) is 0 Å². The molecule has 1 aromatic carbocycles. The highest BCUT2D eigenvalue weighted by molar-refractivity contribution is 6.05. The Morgan fingerprint density at radius 3 is 2.50 bits per heavy atom. The van der Waals surface area contributed by atoms with E-state index in [1.54, 1.807) is 0 Å². The van der Waals surface area contributed by atoms with Crippen LogP contribution in [-0.4, -0.2) is 27.5 Å². The number of hydrogen-bond acceptors (Lipinski definition) is 3. The molecule has 0 aliphatic heterocycles. The molecule has 1 aliphatic rings. The Labute approximate surface area is 168 Å². The van der Waals surface area contributed by atoms with Crippen molar-refractivity contribution in [2.24, 2.45) is 11.7 Å². The number of carbonyl (C=O) groups is 2. The Morgan fingerprint density at radius 2 is 1.90 bits per heavy atom. The van der Waals surface area contributed by atoms with Crippen LogP contribution >= 0.6 is 0 Å². The number of halogens is 5. The van der Waals surface area contributed by atoms with Crippen molar-refractivity contribution < 1.29 is 31.5 Å². The first-order valence-corrected chi connectivity index (χ1v) is 9.18. The lowest BCUT2D eigenvalue weighted by molar-refractivity contribution is -0.138. The van der Waals surface area contributed by atoms with Crippen LogP contribution < -0.4 is 11.1 Å². The van der Waals surface area contributed by atoms with E-state index in [2.05, 4.69) is 10.4 Å². The first-order valence-electron chi connectivity index (χ1n) is 9.18. The standard InChI is InChI=1S/C19H19F5N4O2/c20-18(21)6-4-11(5-7-18)10-28-15(14(9-26-28)19(22,23)24)17(30)27-13-3-1-2-12(8-13)16(25)29/h1-3,8-9,11H,4-7,10H2,(H2,25,29)(H,27,30). The largest absolute Gasteiger partial charge is 0.420 e. The summed E-state index contributed by atoms with van der Waals surface area (Å²) in [5.74, 6) is -4.94. The molecule has 0 saturated heterocycles. The summed E-state index contributed by atoms with van der Waals surface area (Å²) in [6, 6.07) is 5.43. The Balaban J connectivity index is 1.86. The molecule has 1 fully saturated rings. The van der Waals surface area contributed by atoms with E-state index in [1.807, 2.05) is 0 Å². The molecule has 2 aromatic rings. The molecule has 162 valence electrons. The van der Waals surface area contributed by atoms with Crippen LogP contribution in [0.1, 0.15) is 52.1 Å². The maximum atomic E-state index is 13.4. The molecule has 0 unspecified atom stereocenters. The second kappa shape index (κ2) is 8.04. The highest BCUT2D eigenvalue weighted by atomic mass is 19.4. The monoisotopic (exact) mass is 430 g/mol. The molecular formula is C19H19F5N4O2. The first kappa shape index (κ1) is 21.7. The smallest absolute Gasteiger partial charge is 0.366 e. The molecule has 3 rings (SSSR count). The number of aromatic nitrogens is 2. The van der Waals surface area contributed by atoms with Gasteiger partial charge in [0.15, 0.2) is 0 Å². The molecule has 2 amide bonds. The second-order valence-corrected chi connectivity index (χ2v) is 7.29. The van der Waals surface area contributed by atoms with Gasteiger partial charge in [-0.05, 0) is 37.0 Å². The van der Waals surface area contributed by atoms with Crippen LogP contribution in [0.25, 0.3) is 0 Å². The lowest BCUT2D eigenvalue weighted by Crippen LogP contribution is -2.29. The van der Waals surface area contributed by atoms with E-state index in [0.29, 0.717) is 6.20 Å².